The van der Waals surface area contributed by atoms with Gasteiger partial charge in [-0.15, -0.1) is 6.58 Å². The first kappa shape index (κ1) is 13.7. The van der Waals surface area contributed by atoms with Gasteiger partial charge >= 0.3 is 0 Å². The van der Waals surface area contributed by atoms with Gasteiger partial charge in [0.25, 0.3) is 0 Å². The van der Waals surface area contributed by atoms with Crippen LogP contribution in [0.1, 0.15) is 12.8 Å². The van der Waals surface area contributed by atoms with E-state index in [2.05, 4.69) is 12.6 Å². The SMILES string of the molecule is C=CCN(CCO)C(=O)C1(C#N)CCOCC1. The highest BCUT2D eigenvalue weighted by Crippen LogP contribution is 2.31. The van der Waals surface area contributed by atoms with E-state index in [-0.39, 0.29) is 19.1 Å². The molecule has 0 aliphatic carbocycles. The molecule has 0 aromatic heterocycles. The zero-order valence-corrected chi connectivity index (χ0v) is 9.89. The fraction of sp³-hybridized carbons (Fsp3) is 0.667. The number of nitrogens with zero attached hydrogens (tertiary/aromatic N) is 2. The molecule has 0 aromatic carbocycles. The standard InChI is InChI=1S/C12H18N2O3/c1-2-5-14(6-7-15)11(16)12(10-13)3-8-17-9-4-12/h2,15H,1,3-9H2. The van der Waals surface area contributed by atoms with Gasteiger partial charge in [-0.1, -0.05) is 6.08 Å². The zero-order valence-electron chi connectivity index (χ0n) is 9.89. The number of carbonyl (C=O) groups is 1. The minimum atomic E-state index is -0.990. The number of amides is 1. The molecule has 1 aliphatic rings. The topological polar surface area (TPSA) is 73.6 Å². The monoisotopic (exact) mass is 238 g/mol. The molecule has 5 nitrogen and oxygen atoms in total. The van der Waals surface area contributed by atoms with E-state index in [0.29, 0.717) is 32.6 Å². The third-order valence-corrected chi connectivity index (χ3v) is 2.98. The van der Waals surface area contributed by atoms with Gasteiger partial charge in [-0.3, -0.25) is 4.79 Å². The predicted molar refractivity (Wildman–Crippen MR) is 62.0 cm³/mol. The van der Waals surface area contributed by atoms with Crippen molar-refractivity contribution in [3.63, 3.8) is 0 Å². The number of aliphatic hydroxyl groups excluding tert-OH is 1. The van der Waals surface area contributed by atoms with Crippen LogP contribution in [0.3, 0.4) is 0 Å². The summed E-state index contributed by atoms with van der Waals surface area (Å²) in [5.74, 6) is -0.225. The van der Waals surface area contributed by atoms with E-state index in [1.165, 1.54) is 4.90 Å². The van der Waals surface area contributed by atoms with Crippen LogP contribution >= 0.6 is 0 Å². The van der Waals surface area contributed by atoms with Crippen LogP contribution in [0.25, 0.3) is 0 Å². The van der Waals surface area contributed by atoms with Crippen molar-refractivity contribution in [2.45, 2.75) is 12.8 Å². The second kappa shape index (κ2) is 6.38. The molecular weight excluding hydrogens is 220 g/mol. The Labute approximate surface area is 101 Å². The number of carbonyl (C=O) groups excluding carboxylic acids is 1. The third kappa shape index (κ3) is 3.05. The van der Waals surface area contributed by atoms with Gasteiger partial charge in [-0.2, -0.15) is 5.26 Å². The first-order chi connectivity index (χ1) is 8.20. The van der Waals surface area contributed by atoms with Crippen molar-refractivity contribution in [2.75, 3.05) is 32.9 Å². The quantitative estimate of drug-likeness (QED) is 0.700. The van der Waals surface area contributed by atoms with Gasteiger partial charge in [0.1, 0.15) is 5.41 Å². The fourth-order valence-electron chi connectivity index (χ4n) is 1.95. The van der Waals surface area contributed by atoms with E-state index in [0.717, 1.165) is 0 Å². The molecule has 1 rings (SSSR count). The molecule has 1 aliphatic heterocycles. The number of nitriles is 1. The molecule has 0 saturated carbocycles. The maximum absolute atomic E-state index is 12.3. The summed E-state index contributed by atoms with van der Waals surface area (Å²) < 4.78 is 5.19. The highest BCUT2D eigenvalue weighted by atomic mass is 16.5. The molecule has 1 saturated heterocycles. The summed E-state index contributed by atoms with van der Waals surface area (Å²) in [6.45, 7) is 4.91. The molecule has 0 atom stereocenters. The molecule has 1 N–H and O–H groups in total. The van der Waals surface area contributed by atoms with E-state index < -0.39 is 5.41 Å². The Kier molecular flexibility index (Phi) is 5.13. The molecular formula is C12H18N2O3. The summed E-state index contributed by atoms with van der Waals surface area (Å²) in [7, 11) is 0. The first-order valence-electron chi connectivity index (χ1n) is 5.70. The van der Waals surface area contributed by atoms with Crippen LogP contribution in [0.5, 0.6) is 0 Å². The fourth-order valence-corrected chi connectivity index (χ4v) is 1.95. The van der Waals surface area contributed by atoms with Crippen molar-refractivity contribution in [3.05, 3.63) is 12.7 Å². The van der Waals surface area contributed by atoms with Crippen LogP contribution < -0.4 is 0 Å². The second-order valence-electron chi connectivity index (χ2n) is 4.07. The van der Waals surface area contributed by atoms with E-state index in [4.69, 9.17) is 9.84 Å². The highest BCUT2D eigenvalue weighted by molar-refractivity contribution is 5.85. The van der Waals surface area contributed by atoms with Crippen LogP contribution in [0.2, 0.25) is 0 Å². The summed E-state index contributed by atoms with van der Waals surface area (Å²) in [5.41, 5.74) is -0.990. The van der Waals surface area contributed by atoms with E-state index in [1.807, 2.05) is 0 Å². The Morgan fingerprint density at radius 3 is 2.71 bits per heavy atom. The average molecular weight is 238 g/mol. The van der Waals surface area contributed by atoms with Gasteiger partial charge in [-0.25, -0.2) is 0 Å². The Bertz CT molecular complexity index is 316. The van der Waals surface area contributed by atoms with Crippen LogP contribution in [0, 0.1) is 16.7 Å². The highest BCUT2D eigenvalue weighted by Gasteiger charge is 2.42. The predicted octanol–water partition coefficient (Wildman–Crippen LogP) is 0.314. The third-order valence-electron chi connectivity index (χ3n) is 2.98. The van der Waals surface area contributed by atoms with E-state index >= 15 is 0 Å². The van der Waals surface area contributed by atoms with Crippen molar-refractivity contribution in [3.8, 4) is 6.07 Å². The summed E-state index contributed by atoms with van der Waals surface area (Å²) in [6, 6.07) is 2.13. The second-order valence-corrected chi connectivity index (χ2v) is 4.07. The molecule has 1 amide bonds. The minimum Gasteiger partial charge on any atom is -0.395 e. The van der Waals surface area contributed by atoms with Crippen molar-refractivity contribution in [1.29, 1.82) is 5.26 Å². The lowest BCUT2D eigenvalue weighted by atomic mass is 9.80. The summed E-state index contributed by atoms with van der Waals surface area (Å²) in [6.07, 6.45) is 2.43. The number of hydrogen-bond donors (Lipinski definition) is 1. The lowest BCUT2D eigenvalue weighted by molar-refractivity contribution is -0.143. The largest absolute Gasteiger partial charge is 0.395 e. The summed E-state index contributed by atoms with van der Waals surface area (Å²) in [4.78, 5) is 13.8. The summed E-state index contributed by atoms with van der Waals surface area (Å²) in [5, 5.41) is 18.2. The molecule has 17 heavy (non-hydrogen) atoms. The molecule has 94 valence electrons. The number of ether oxygens (including phenoxy) is 1. The number of rotatable bonds is 5. The van der Waals surface area contributed by atoms with Gasteiger partial charge in [0, 0.05) is 26.3 Å². The first-order valence-corrected chi connectivity index (χ1v) is 5.70. The molecule has 5 heteroatoms. The lowest BCUT2D eigenvalue weighted by Gasteiger charge is -2.34. The van der Waals surface area contributed by atoms with Crippen molar-refractivity contribution >= 4 is 5.91 Å². The minimum absolute atomic E-state index is 0.114. The van der Waals surface area contributed by atoms with Crippen LogP contribution in [-0.2, 0) is 9.53 Å². The lowest BCUT2D eigenvalue weighted by Crippen LogP contribution is -2.47. The molecule has 1 heterocycles. The van der Waals surface area contributed by atoms with Crippen molar-refractivity contribution < 1.29 is 14.6 Å². The maximum atomic E-state index is 12.3. The molecule has 0 spiro atoms. The Morgan fingerprint density at radius 2 is 2.24 bits per heavy atom. The molecule has 0 radical (unpaired) electrons. The van der Waals surface area contributed by atoms with Crippen molar-refractivity contribution in [2.24, 2.45) is 5.41 Å². The Morgan fingerprint density at radius 1 is 1.59 bits per heavy atom. The molecule has 0 bridgehead atoms. The van der Waals surface area contributed by atoms with Gasteiger partial charge in [0.05, 0.1) is 12.7 Å². The van der Waals surface area contributed by atoms with Crippen LogP contribution in [0.15, 0.2) is 12.7 Å². The van der Waals surface area contributed by atoms with Crippen LogP contribution in [-0.4, -0.2) is 48.8 Å². The maximum Gasteiger partial charge on any atom is 0.243 e. The normalized spacial score (nSPS) is 18.1. The molecule has 0 unspecified atom stereocenters. The van der Waals surface area contributed by atoms with Crippen LogP contribution in [0.4, 0.5) is 0 Å². The Hall–Kier alpha value is -1.38. The number of hydrogen-bond acceptors (Lipinski definition) is 4. The smallest absolute Gasteiger partial charge is 0.243 e. The van der Waals surface area contributed by atoms with Gasteiger partial charge in [-0.05, 0) is 12.8 Å². The van der Waals surface area contributed by atoms with Gasteiger partial charge < -0.3 is 14.7 Å². The molecule has 0 aromatic rings. The van der Waals surface area contributed by atoms with Crippen molar-refractivity contribution in [1.82, 2.24) is 4.90 Å². The van der Waals surface area contributed by atoms with E-state index in [1.54, 1.807) is 6.08 Å². The van der Waals surface area contributed by atoms with Gasteiger partial charge in [0.2, 0.25) is 5.91 Å². The molecule has 1 fully saturated rings. The Balaban J connectivity index is 2.82. The average Bonchev–Trinajstić information content (AvgIpc) is 2.38. The zero-order chi connectivity index (χ0) is 12.7. The number of aliphatic hydroxyl groups is 1. The van der Waals surface area contributed by atoms with E-state index in [9.17, 15) is 10.1 Å². The van der Waals surface area contributed by atoms with Gasteiger partial charge in [0.15, 0.2) is 0 Å². The summed E-state index contributed by atoms with van der Waals surface area (Å²) >= 11 is 0.